The molecule has 1 fully saturated rings. The number of piperidine rings is 1. The molecule has 0 aromatic heterocycles. The Morgan fingerprint density at radius 3 is 2.41 bits per heavy atom. The quantitative estimate of drug-likeness (QED) is 0.729. The van der Waals surface area contributed by atoms with Crippen LogP contribution in [0.5, 0.6) is 0 Å². The van der Waals surface area contributed by atoms with Crippen molar-refractivity contribution in [3.63, 3.8) is 0 Å². The van der Waals surface area contributed by atoms with Crippen LogP contribution < -0.4 is 0 Å². The van der Waals surface area contributed by atoms with Crippen LogP contribution in [0.25, 0.3) is 0 Å². The van der Waals surface area contributed by atoms with Crippen LogP contribution in [-0.4, -0.2) is 25.0 Å². The molecule has 0 bridgehead atoms. The van der Waals surface area contributed by atoms with Gasteiger partial charge in [-0.25, -0.2) is 0 Å². The van der Waals surface area contributed by atoms with Crippen molar-refractivity contribution in [2.75, 3.05) is 20.1 Å². The molecule has 1 heterocycles. The number of rotatable bonds is 2. The molecule has 0 radical (unpaired) electrons. The fourth-order valence-corrected chi connectivity index (χ4v) is 2.59. The summed E-state index contributed by atoms with van der Waals surface area (Å²) in [6.07, 6.45) is 2.69. The van der Waals surface area contributed by atoms with Gasteiger partial charge in [0.05, 0.1) is 0 Å². The van der Waals surface area contributed by atoms with E-state index in [2.05, 4.69) is 50.1 Å². The van der Waals surface area contributed by atoms with Crippen LogP contribution >= 0.6 is 0 Å². The van der Waals surface area contributed by atoms with E-state index in [1.165, 1.54) is 37.1 Å². The largest absolute Gasteiger partial charge is 0.306 e. The fraction of sp³-hybridized carbons (Fsp3) is 0.625. The van der Waals surface area contributed by atoms with Gasteiger partial charge in [0.15, 0.2) is 0 Å². The summed E-state index contributed by atoms with van der Waals surface area (Å²) in [7, 11) is 2.23. The van der Waals surface area contributed by atoms with Crippen molar-refractivity contribution in [1.82, 2.24) is 4.90 Å². The van der Waals surface area contributed by atoms with Crippen LogP contribution in [-0.2, 0) is 0 Å². The van der Waals surface area contributed by atoms with Crippen molar-refractivity contribution in [2.45, 2.75) is 46.0 Å². The zero-order valence-electron chi connectivity index (χ0n) is 10.7. The van der Waals surface area contributed by atoms with Gasteiger partial charge in [-0.1, -0.05) is 45.5 Å². The summed E-state index contributed by atoms with van der Waals surface area (Å²) in [6.45, 7) is 6.99. The third-order valence-corrected chi connectivity index (χ3v) is 3.70. The lowest BCUT2D eigenvalue weighted by molar-refractivity contribution is 0.251. The van der Waals surface area contributed by atoms with E-state index in [-0.39, 0.29) is 8.85 Å². The molecule has 1 unspecified atom stereocenters. The lowest BCUT2D eigenvalue weighted by Gasteiger charge is -2.30. The van der Waals surface area contributed by atoms with E-state index in [4.69, 9.17) is 0 Å². The van der Waals surface area contributed by atoms with E-state index in [0.717, 1.165) is 5.92 Å². The van der Waals surface area contributed by atoms with Gasteiger partial charge in [-0.15, -0.1) is 0 Å². The molecule has 1 aliphatic rings. The number of likely N-dealkylation sites (N-methyl/N-ethyl adjacent to an activating group) is 1. The predicted molar refractivity (Wildman–Crippen MR) is 78.8 cm³/mol. The Hall–Kier alpha value is -0.820. The first-order valence-corrected chi connectivity index (χ1v) is 6.45. The van der Waals surface area contributed by atoms with Gasteiger partial charge in [0, 0.05) is 7.97 Å². The highest BCUT2D eigenvalue weighted by molar-refractivity contribution is 5.27. The van der Waals surface area contributed by atoms with Crippen molar-refractivity contribution in [2.24, 2.45) is 0 Å². The molecule has 1 aromatic rings. The molecule has 1 aromatic carbocycles. The average Bonchev–Trinajstić information content (AvgIpc) is 2.29. The van der Waals surface area contributed by atoms with E-state index in [9.17, 15) is 0 Å². The normalized spacial score (nSPS) is 21.3. The molecule has 0 N–H and O–H groups in total. The standard InChI is InChI=1S/C15H23N.CH4.H2/c1-12(2)13-6-8-14(9-7-13)15-5-4-10-16(3)11-15;;/h6-9,12,15H,4-5,10-11H2,1-3H3;1H4;1H. The van der Waals surface area contributed by atoms with Gasteiger partial charge in [0.2, 0.25) is 0 Å². The number of benzene rings is 1. The first-order chi connectivity index (χ1) is 7.66. The van der Waals surface area contributed by atoms with Gasteiger partial charge in [-0.2, -0.15) is 0 Å². The summed E-state index contributed by atoms with van der Waals surface area (Å²) >= 11 is 0. The Bertz CT molecular complexity index is 331. The SMILES string of the molecule is C.CC(C)c1ccc(C2CCCN(C)C2)cc1.[HH]. The molecular formula is C16H29N. The number of hydrogen-bond donors (Lipinski definition) is 0. The topological polar surface area (TPSA) is 3.24 Å². The zero-order valence-corrected chi connectivity index (χ0v) is 10.7. The highest BCUT2D eigenvalue weighted by atomic mass is 15.1. The van der Waals surface area contributed by atoms with Crippen LogP contribution in [0, 0.1) is 0 Å². The van der Waals surface area contributed by atoms with Gasteiger partial charge >= 0.3 is 0 Å². The molecule has 1 nitrogen and oxygen atoms in total. The van der Waals surface area contributed by atoms with Crippen molar-refractivity contribution in [1.29, 1.82) is 0 Å². The molecule has 17 heavy (non-hydrogen) atoms. The Labute approximate surface area is 108 Å². The molecule has 1 saturated heterocycles. The molecule has 1 atom stereocenters. The second kappa shape index (κ2) is 6.20. The monoisotopic (exact) mass is 235 g/mol. The minimum atomic E-state index is 0. The van der Waals surface area contributed by atoms with E-state index in [1.807, 2.05) is 0 Å². The van der Waals surface area contributed by atoms with Gasteiger partial charge in [-0.3, -0.25) is 0 Å². The number of hydrogen-bond acceptors (Lipinski definition) is 1. The summed E-state index contributed by atoms with van der Waals surface area (Å²) < 4.78 is 0. The molecule has 2 rings (SSSR count). The molecule has 0 amide bonds. The second-order valence-corrected chi connectivity index (χ2v) is 5.42. The summed E-state index contributed by atoms with van der Waals surface area (Å²) in [4.78, 5) is 2.45. The van der Waals surface area contributed by atoms with E-state index < -0.39 is 0 Å². The lowest BCUT2D eigenvalue weighted by Crippen LogP contribution is -2.30. The minimum Gasteiger partial charge on any atom is -0.306 e. The van der Waals surface area contributed by atoms with E-state index >= 15 is 0 Å². The van der Waals surface area contributed by atoms with Gasteiger partial charge < -0.3 is 4.90 Å². The summed E-state index contributed by atoms with van der Waals surface area (Å²) in [5.41, 5.74) is 2.98. The Morgan fingerprint density at radius 2 is 1.88 bits per heavy atom. The predicted octanol–water partition coefficient (Wildman–Crippen LogP) is 4.50. The average molecular weight is 235 g/mol. The minimum absolute atomic E-state index is 0. The van der Waals surface area contributed by atoms with Crippen LogP contribution in [0.1, 0.15) is 58.5 Å². The van der Waals surface area contributed by atoms with E-state index in [1.54, 1.807) is 0 Å². The van der Waals surface area contributed by atoms with Gasteiger partial charge in [-0.05, 0) is 49.4 Å². The summed E-state index contributed by atoms with van der Waals surface area (Å²) in [6, 6.07) is 9.27. The summed E-state index contributed by atoms with van der Waals surface area (Å²) in [5.74, 6) is 1.39. The molecular weight excluding hydrogens is 206 g/mol. The number of nitrogens with zero attached hydrogens (tertiary/aromatic N) is 1. The van der Waals surface area contributed by atoms with Gasteiger partial charge in [0.1, 0.15) is 0 Å². The van der Waals surface area contributed by atoms with Crippen molar-refractivity contribution in [3.05, 3.63) is 35.4 Å². The van der Waals surface area contributed by atoms with Crippen LogP contribution in [0.2, 0.25) is 0 Å². The first-order valence-electron chi connectivity index (χ1n) is 6.45. The van der Waals surface area contributed by atoms with Crippen LogP contribution in [0.3, 0.4) is 0 Å². The Balaban J connectivity index is 0.00000144. The third-order valence-electron chi connectivity index (χ3n) is 3.70. The Morgan fingerprint density at radius 1 is 1.24 bits per heavy atom. The summed E-state index contributed by atoms with van der Waals surface area (Å²) in [5, 5.41) is 0. The zero-order chi connectivity index (χ0) is 11.5. The van der Waals surface area contributed by atoms with Gasteiger partial charge in [0.25, 0.3) is 0 Å². The number of likely N-dealkylation sites (tertiary alicyclic amines) is 1. The fourth-order valence-electron chi connectivity index (χ4n) is 2.59. The molecule has 0 spiro atoms. The maximum atomic E-state index is 2.45. The molecule has 0 aliphatic carbocycles. The van der Waals surface area contributed by atoms with Crippen LogP contribution in [0.4, 0.5) is 0 Å². The molecule has 98 valence electrons. The molecule has 1 heteroatoms. The van der Waals surface area contributed by atoms with Crippen molar-refractivity contribution in [3.8, 4) is 0 Å². The lowest BCUT2D eigenvalue weighted by atomic mass is 9.89. The maximum Gasteiger partial charge on any atom is 0.00472 e. The van der Waals surface area contributed by atoms with E-state index in [0.29, 0.717) is 5.92 Å². The molecule has 0 saturated carbocycles. The first kappa shape index (κ1) is 14.2. The van der Waals surface area contributed by atoms with Crippen molar-refractivity contribution >= 4 is 0 Å². The van der Waals surface area contributed by atoms with Crippen LogP contribution in [0.15, 0.2) is 24.3 Å². The highest BCUT2D eigenvalue weighted by Crippen LogP contribution is 2.27. The maximum absolute atomic E-state index is 2.45. The molecule has 1 aliphatic heterocycles. The highest BCUT2D eigenvalue weighted by Gasteiger charge is 2.18. The smallest absolute Gasteiger partial charge is 0.00472 e. The Kier molecular flexibility index (Phi) is 5.20. The van der Waals surface area contributed by atoms with Crippen molar-refractivity contribution < 1.29 is 1.43 Å². The third kappa shape index (κ3) is 3.57. The second-order valence-electron chi connectivity index (χ2n) is 5.42.